The quantitative estimate of drug-likeness (QED) is 0.589. The van der Waals surface area contributed by atoms with Gasteiger partial charge in [-0.15, -0.1) is 0 Å². The molecule has 0 aliphatic heterocycles. The fourth-order valence-corrected chi connectivity index (χ4v) is 3.45. The Labute approximate surface area is 192 Å². The molecular weight excluding hydrogens is 404 g/mol. The first kappa shape index (κ1) is 25.6. The summed E-state index contributed by atoms with van der Waals surface area (Å²) in [6.45, 7) is 15.0. The zero-order valence-corrected chi connectivity index (χ0v) is 20.8. The topological polar surface area (TPSA) is 76.5 Å². The molecule has 0 bridgehead atoms. The molecule has 1 aromatic heterocycles. The van der Waals surface area contributed by atoms with Crippen molar-refractivity contribution < 1.29 is 14.3 Å². The molecule has 176 valence electrons. The number of aromatic nitrogens is 2. The first-order valence-corrected chi connectivity index (χ1v) is 11.2. The Morgan fingerprint density at radius 2 is 1.88 bits per heavy atom. The van der Waals surface area contributed by atoms with Gasteiger partial charge in [0.25, 0.3) is 0 Å². The van der Waals surface area contributed by atoms with E-state index in [1.807, 2.05) is 45.9 Å². The van der Waals surface area contributed by atoms with Crippen LogP contribution in [0.4, 0.5) is 5.82 Å². The van der Waals surface area contributed by atoms with Crippen molar-refractivity contribution >= 4 is 17.6 Å². The van der Waals surface area contributed by atoms with E-state index >= 15 is 0 Å². The van der Waals surface area contributed by atoms with Crippen molar-refractivity contribution in [2.45, 2.75) is 60.3 Å². The maximum Gasteiger partial charge on any atom is 0.245 e. The fraction of sp³-hybridized carbons (Fsp3) is 0.560. The number of carbonyl (C=O) groups excluding carboxylic acids is 2. The Balaban J connectivity index is 2.32. The lowest BCUT2D eigenvalue weighted by molar-refractivity contribution is -0.137. The van der Waals surface area contributed by atoms with Crippen LogP contribution in [0, 0.1) is 19.8 Å². The van der Waals surface area contributed by atoms with Gasteiger partial charge >= 0.3 is 0 Å². The van der Waals surface area contributed by atoms with E-state index in [2.05, 4.69) is 32.2 Å². The molecule has 0 fully saturated rings. The van der Waals surface area contributed by atoms with E-state index in [1.54, 1.807) is 16.7 Å². The number of carbonyl (C=O) groups is 2. The summed E-state index contributed by atoms with van der Waals surface area (Å²) in [5.74, 6) is 0.122. The highest BCUT2D eigenvalue weighted by atomic mass is 16.5. The summed E-state index contributed by atoms with van der Waals surface area (Å²) in [5, 5.41) is 7.80. The van der Waals surface area contributed by atoms with Crippen LogP contribution in [-0.4, -0.2) is 53.3 Å². The number of ether oxygens (including phenoxy) is 1. The van der Waals surface area contributed by atoms with E-state index in [-0.39, 0.29) is 29.7 Å². The number of benzene rings is 1. The lowest BCUT2D eigenvalue weighted by Crippen LogP contribution is -2.41. The number of nitrogens with zero attached hydrogens (tertiary/aromatic N) is 3. The van der Waals surface area contributed by atoms with Crippen LogP contribution in [0.5, 0.6) is 0 Å². The number of hydrogen-bond acceptors (Lipinski definition) is 4. The SMILES string of the molecule is COCCCN(CC(=O)Nc1cc(C(C)(C)C)nn1-c1ccc(C)cc1C)C(=O)C(C)C. The molecule has 0 atom stereocenters. The minimum absolute atomic E-state index is 0.0103. The van der Waals surface area contributed by atoms with Gasteiger partial charge in [-0.3, -0.25) is 9.59 Å². The van der Waals surface area contributed by atoms with Gasteiger partial charge in [0, 0.05) is 37.7 Å². The molecule has 0 spiro atoms. The minimum atomic E-state index is -0.247. The number of hydrogen-bond donors (Lipinski definition) is 1. The molecule has 7 heteroatoms. The molecule has 0 radical (unpaired) electrons. The molecule has 0 unspecified atom stereocenters. The predicted octanol–water partition coefficient (Wildman–Crippen LogP) is 4.25. The summed E-state index contributed by atoms with van der Waals surface area (Å²) in [5.41, 5.74) is 3.85. The Morgan fingerprint density at radius 1 is 1.19 bits per heavy atom. The van der Waals surface area contributed by atoms with Gasteiger partial charge in [0.2, 0.25) is 11.8 Å². The van der Waals surface area contributed by atoms with Gasteiger partial charge in [0.15, 0.2) is 0 Å². The van der Waals surface area contributed by atoms with Crippen molar-refractivity contribution in [2.75, 3.05) is 32.1 Å². The molecule has 32 heavy (non-hydrogen) atoms. The normalized spacial score (nSPS) is 11.7. The Kier molecular flexibility index (Phi) is 8.61. The molecule has 7 nitrogen and oxygen atoms in total. The van der Waals surface area contributed by atoms with Crippen LogP contribution in [0.15, 0.2) is 24.3 Å². The van der Waals surface area contributed by atoms with Crippen molar-refractivity contribution in [3.05, 3.63) is 41.1 Å². The van der Waals surface area contributed by atoms with Crippen LogP contribution in [0.1, 0.15) is 57.9 Å². The summed E-state index contributed by atoms with van der Waals surface area (Å²) in [7, 11) is 1.63. The second kappa shape index (κ2) is 10.8. The van der Waals surface area contributed by atoms with Crippen molar-refractivity contribution in [3.63, 3.8) is 0 Å². The van der Waals surface area contributed by atoms with Gasteiger partial charge in [0.05, 0.1) is 17.9 Å². The van der Waals surface area contributed by atoms with Gasteiger partial charge in [-0.2, -0.15) is 5.10 Å². The second-order valence-corrected chi connectivity index (χ2v) is 9.68. The van der Waals surface area contributed by atoms with Crippen LogP contribution < -0.4 is 5.32 Å². The molecule has 2 rings (SSSR count). The molecule has 2 amide bonds. The summed E-state index contributed by atoms with van der Waals surface area (Å²) in [4.78, 5) is 27.2. The Hall–Kier alpha value is -2.67. The van der Waals surface area contributed by atoms with Gasteiger partial charge in [-0.25, -0.2) is 4.68 Å². The number of nitrogens with one attached hydrogen (secondary N) is 1. The van der Waals surface area contributed by atoms with Gasteiger partial charge in [0.1, 0.15) is 5.82 Å². The summed E-state index contributed by atoms with van der Waals surface area (Å²) in [6.07, 6.45) is 0.677. The number of rotatable bonds is 9. The molecule has 1 N–H and O–H groups in total. The lowest BCUT2D eigenvalue weighted by Gasteiger charge is -2.24. The summed E-state index contributed by atoms with van der Waals surface area (Å²) >= 11 is 0. The summed E-state index contributed by atoms with van der Waals surface area (Å²) in [6, 6.07) is 8.05. The zero-order valence-electron chi connectivity index (χ0n) is 20.8. The third-order valence-electron chi connectivity index (χ3n) is 5.24. The predicted molar refractivity (Wildman–Crippen MR) is 128 cm³/mol. The third kappa shape index (κ3) is 6.66. The standard InChI is InChI=1S/C25H38N4O3/c1-17(2)24(31)28(12-9-13-32-8)16-23(30)26-22-15-21(25(5,6)7)27-29(22)20-11-10-18(3)14-19(20)4/h10-11,14-15,17H,9,12-13,16H2,1-8H3,(H,26,30). The smallest absolute Gasteiger partial charge is 0.245 e. The average molecular weight is 443 g/mol. The second-order valence-electron chi connectivity index (χ2n) is 9.68. The van der Waals surface area contributed by atoms with Gasteiger partial charge < -0.3 is 15.0 Å². The third-order valence-corrected chi connectivity index (χ3v) is 5.24. The van der Waals surface area contributed by atoms with Crippen LogP contribution in [0.2, 0.25) is 0 Å². The molecule has 1 heterocycles. The molecule has 1 aromatic carbocycles. The van der Waals surface area contributed by atoms with Crippen molar-refractivity contribution in [3.8, 4) is 5.69 Å². The number of aryl methyl sites for hydroxylation is 2. The monoisotopic (exact) mass is 442 g/mol. The van der Waals surface area contributed by atoms with E-state index in [9.17, 15) is 9.59 Å². The Morgan fingerprint density at radius 3 is 2.44 bits per heavy atom. The van der Waals surface area contributed by atoms with E-state index in [4.69, 9.17) is 9.84 Å². The first-order valence-electron chi connectivity index (χ1n) is 11.2. The largest absolute Gasteiger partial charge is 0.385 e. The van der Waals surface area contributed by atoms with Crippen molar-refractivity contribution in [1.82, 2.24) is 14.7 Å². The van der Waals surface area contributed by atoms with E-state index in [0.29, 0.717) is 25.4 Å². The van der Waals surface area contributed by atoms with Gasteiger partial charge in [-0.05, 0) is 31.9 Å². The van der Waals surface area contributed by atoms with E-state index < -0.39 is 0 Å². The first-order chi connectivity index (χ1) is 14.9. The highest BCUT2D eigenvalue weighted by molar-refractivity contribution is 5.94. The van der Waals surface area contributed by atoms with Crippen LogP contribution >= 0.6 is 0 Å². The Bertz CT molecular complexity index is 941. The number of amides is 2. The molecule has 0 aliphatic rings. The lowest BCUT2D eigenvalue weighted by atomic mass is 9.92. The van der Waals surface area contributed by atoms with E-state index in [0.717, 1.165) is 16.9 Å². The van der Waals surface area contributed by atoms with E-state index in [1.165, 1.54) is 5.56 Å². The highest BCUT2D eigenvalue weighted by Crippen LogP contribution is 2.27. The zero-order chi connectivity index (χ0) is 24.1. The molecule has 2 aromatic rings. The average Bonchev–Trinajstić information content (AvgIpc) is 3.10. The van der Waals surface area contributed by atoms with Crippen LogP contribution in [-0.2, 0) is 19.7 Å². The van der Waals surface area contributed by atoms with Crippen molar-refractivity contribution in [1.29, 1.82) is 0 Å². The molecular formula is C25H38N4O3. The minimum Gasteiger partial charge on any atom is -0.385 e. The maximum absolute atomic E-state index is 13.0. The summed E-state index contributed by atoms with van der Waals surface area (Å²) < 4.78 is 6.89. The number of anilines is 1. The highest BCUT2D eigenvalue weighted by Gasteiger charge is 2.24. The van der Waals surface area contributed by atoms with Crippen molar-refractivity contribution in [2.24, 2.45) is 5.92 Å². The van der Waals surface area contributed by atoms with Gasteiger partial charge in [-0.1, -0.05) is 52.3 Å². The number of methoxy groups -OCH3 is 1. The van der Waals surface area contributed by atoms with Crippen LogP contribution in [0.3, 0.4) is 0 Å². The maximum atomic E-state index is 13.0. The fourth-order valence-electron chi connectivity index (χ4n) is 3.45. The molecule has 0 aliphatic carbocycles. The molecule has 0 saturated carbocycles. The van der Waals surface area contributed by atoms with Crippen LogP contribution in [0.25, 0.3) is 5.69 Å². The molecule has 0 saturated heterocycles.